The molecule has 3 N–H and O–H groups in total. The second-order valence-electron chi connectivity index (χ2n) is 4.92. The molecule has 0 aromatic carbocycles. The van der Waals surface area contributed by atoms with E-state index in [9.17, 15) is 4.79 Å². The fraction of sp³-hybridized carbons (Fsp3) is 0.917. The largest absolute Gasteiger partial charge is 0.352 e. The van der Waals surface area contributed by atoms with Gasteiger partial charge in [0.2, 0.25) is 5.91 Å². The molecule has 0 radical (unpaired) electrons. The van der Waals surface area contributed by atoms with Gasteiger partial charge in [-0.3, -0.25) is 4.79 Å². The van der Waals surface area contributed by atoms with Crippen LogP contribution in [0.1, 0.15) is 46.5 Å². The highest BCUT2D eigenvalue weighted by molar-refractivity contribution is 5.81. The number of amides is 1. The summed E-state index contributed by atoms with van der Waals surface area (Å²) >= 11 is 0. The quantitative estimate of drug-likeness (QED) is 0.744. The van der Waals surface area contributed by atoms with Gasteiger partial charge in [0.25, 0.3) is 0 Å². The summed E-state index contributed by atoms with van der Waals surface area (Å²) in [4.78, 5) is 11.7. The molecule has 0 aromatic rings. The minimum absolute atomic E-state index is 0.0304. The molecule has 0 saturated heterocycles. The number of hydrogen-bond acceptors (Lipinski definition) is 2. The number of rotatable bonds is 4. The topological polar surface area (TPSA) is 55.1 Å². The fourth-order valence-corrected chi connectivity index (χ4v) is 2.30. The van der Waals surface area contributed by atoms with Gasteiger partial charge in [-0.25, -0.2) is 0 Å². The Bertz CT molecular complexity index is 218. The van der Waals surface area contributed by atoms with Gasteiger partial charge in [0.05, 0.1) is 6.04 Å². The van der Waals surface area contributed by atoms with Gasteiger partial charge < -0.3 is 11.1 Å². The molecule has 88 valence electrons. The van der Waals surface area contributed by atoms with Gasteiger partial charge in [0, 0.05) is 6.04 Å². The van der Waals surface area contributed by atoms with Crippen LogP contribution in [0, 0.1) is 11.8 Å². The maximum absolute atomic E-state index is 11.7. The van der Waals surface area contributed by atoms with Crippen LogP contribution in [0.4, 0.5) is 0 Å². The predicted molar refractivity (Wildman–Crippen MR) is 62.4 cm³/mol. The average molecular weight is 212 g/mol. The third-order valence-electron chi connectivity index (χ3n) is 3.73. The molecule has 0 aromatic heterocycles. The zero-order chi connectivity index (χ0) is 11.4. The van der Waals surface area contributed by atoms with E-state index in [-0.39, 0.29) is 11.9 Å². The Kier molecular flexibility index (Phi) is 4.58. The Hall–Kier alpha value is -0.570. The van der Waals surface area contributed by atoms with Crippen LogP contribution < -0.4 is 11.1 Å². The van der Waals surface area contributed by atoms with E-state index in [0.717, 1.165) is 25.2 Å². The predicted octanol–water partition coefficient (Wildman–Crippen LogP) is 1.66. The van der Waals surface area contributed by atoms with Crippen LogP contribution in [0.15, 0.2) is 0 Å². The second kappa shape index (κ2) is 5.50. The molecule has 1 fully saturated rings. The van der Waals surface area contributed by atoms with Gasteiger partial charge in [0.1, 0.15) is 0 Å². The number of hydrogen-bond donors (Lipinski definition) is 2. The van der Waals surface area contributed by atoms with E-state index >= 15 is 0 Å². The van der Waals surface area contributed by atoms with Crippen LogP contribution in [0.25, 0.3) is 0 Å². The Labute approximate surface area is 92.8 Å². The molecule has 0 heterocycles. The molecule has 15 heavy (non-hydrogen) atoms. The van der Waals surface area contributed by atoms with Crippen LogP contribution in [-0.2, 0) is 4.79 Å². The van der Waals surface area contributed by atoms with E-state index in [2.05, 4.69) is 19.2 Å². The van der Waals surface area contributed by atoms with Gasteiger partial charge in [-0.1, -0.05) is 27.2 Å². The zero-order valence-electron chi connectivity index (χ0n) is 10.1. The minimum atomic E-state index is -0.321. The summed E-state index contributed by atoms with van der Waals surface area (Å²) in [5, 5.41) is 3.08. The van der Waals surface area contributed by atoms with Gasteiger partial charge in [-0.05, 0) is 31.1 Å². The fourth-order valence-electron chi connectivity index (χ4n) is 2.30. The molecule has 0 aliphatic heterocycles. The van der Waals surface area contributed by atoms with Crippen molar-refractivity contribution in [3.05, 3.63) is 0 Å². The second-order valence-corrected chi connectivity index (χ2v) is 4.92. The van der Waals surface area contributed by atoms with Crippen LogP contribution in [0.3, 0.4) is 0 Å². The lowest BCUT2D eigenvalue weighted by Gasteiger charge is -2.21. The molecule has 1 saturated carbocycles. The minimum Gasteiger partial charge on any atom is -0.352 e. The van der Waals surface area contributed by atoms with Crippen LogP contribution in [0.2, 0.25) is 0 Å². The molecule has 3 nitrogen and oxygen atoms in total. The van der Waals surface area contributed by atoms with Crippen LogP contribution in [0.5, 0.6) is 0 Å². The molecule has 4 atom stereocenters. The zero-order valence-corrected chi connectivity index (χ0v) is 10.1. The molecular weight excluding hydrogens is 188 g/mol. The van der Waals surface area contributed by atoms with Gasteiger partial charge in [0.15, 0.2) is 0 Å². The number of nitrogens with one attached hydrogen (secondary N) is 1. The maximum atomic E-state index is 11.7. The molecule has 1 aliphatic carbocycles. The first-order chi connectivity index (χ1) is 7.06. The maximum Gasteiger partial charge on any atom is 0.237 e. The van der Waals surface area contributed by atoms with Crippen molar-refractivity contribution in [2.24, 2.45) is 17.6 Å². The van der Waals surface area contributed by atoms with Crippen molar-refractivity contribution >= 4 is 5.91 Å². The highest BCUT2D eigenvalue weighted by Gasteiger charge is 2.31. The van der Waals surface area contributed by atoms with Crippen LogP contribution in [-0.4, -0.2) is 18.0 Å². The van der Waals surface area contributed by atoms with Crippen molar-refractivity contribution in [3.8, 4) is 0 Å². The van der Waals surface area contributed by atoms with E-state index in [1.807, 2.05) is 6.92 Å². The molecule has 1 amide bonds. The van der Waals surface area contributed by atoms with Crippen molar-refractivity contribution in [1.29, 1.82) is 0 Å². The smallest absolute Gasteiger partial charge is 0.237 e. The summed E-state index contributed by atoms with van der Waals surface area (Å²) in [6, 6.07) is 0.0218. The molecule has 3 unspecified atom stereocenters. The summed E-state index contributed by atoms with van der Waals surface area (Å²) < 4.78 is 0. The van der Waals surface area contributed by atoms with Crippen molar-refractivity contribution < 1.29 is 4.79 Å². The van der Waals surface area contributed by atoms with Crippen molar-refractivity contribution in [2.45, 2.75) is 58.5 Å². The van der Waals surface area contributed by atoms with Crippen molar-refractivity contribution in [1.82, 2.24) is 5.32 Å². The first-order valence-electron chi connectivity index (χ1n) is 6.12. The lowest BCUT2D eigenvalue weighted by Crippen LogP contribution is -2.46. The SMILES string of the molecule is CCC[C@H](N)C(=O)NC1CCC(C)C1C. The summed E-state index contributed by atoms with van der Waals surface area (Å²) in [5.41, 5.74) is 5.77. The van der Waals surface area contributed by atoms with E-state index in [0.29, 0.717) is 12.0 Å². The number of carbonyl (C=O) groups is 1. The van der Waals surface area contributed by atoms with Gasteiger partial charge in [-0.2, -0.15) is 0 Å². The van der Waals surface area contributed by atoms with E-state index < -0.39 is 0 Å². The average Bonchev–Trinajstić information content (AvgIpc) is 2.50. The standard InChI is InChI=1S/C12H24N2O/c1-4-5-10(13)12(15)14-11-7-6-8(2)9(11)3/h8-11H,4-7,13H2,1-3H3,(H,14,15)/t8?,9?,10-,11?/m0/s1. The van der Waals surface area contributed by atoms with Gasteiger partial charge >= 0.3 is 0 Å². The molecule has 0 bridgehead atoms. The Balaban J connectivity index is 2.38. The third kappa shape index (κ3) is 3.20. The molecule has 3 heteroatoms. The van der Waals surface area contributed by atoms with E-state index in [1.165, 1.54) is 6.42 Å². The summed E-state index contributed by atoms with van der Waals surface area (Å²) in [5.74, 6) is 1.34. The van der Waals surface area contributed by atoms with Crippen molar-refractivity contribution in [2.75, 3.05) is 0 Å². The number of carbonyl (C=O) groups excluding carboxylic acids is 1. The Morgan fingerprint density at radius 1 is 1.47 bits per heavy atom. The monoisotopic (exact) mass is 212 g/mol. The lowest BCUT2D eigenvalue weighted by atomic mass is 9.97. The Morgan fingerprint density at radius 3 is 2.60 bits per heavy atom. The summed E-state index contributed by atoms with van der Waals surface area (Å²) in [6.07, 6.45) is 4.07. The molecular formula is C12H24N2O. The highest BCUT2D eigenvalue weighted by atomic mass is 16.2. The molecule has 0 spiro atoms. The summed E-state index contributed by atoms with van der Waals surface area (Å²) in [6.45, 7) is 6.52. The van der Waals surface area contributed by atoms with E-state index in [4.69, 9.17) is 5.73 Å². The van der Waals surface area contributed by atoms with Gasteiger partial charge in [-0.15, -0.1) is 0 Å². The normalized spacial score (nSPS) is 32.7. The highest BCUT2D eigenvalue weighted by Crippen LogP contribution is 2.31. The Morgan fingerprint density at radius 2 is 2.13 bits per heavy atom. The van der Waals surface area contributed by atoms with Crippen LogP contribution >= 0.6 is 0 Å². The summed E-state index contributed by atoms with van der Waals surface area (Å²) in [7, 11) is 0. The molecule has 1 rings (SSSR count). The number of nitrogens with two attached hydrogens (primary N) is 1. The van der Waals surface area contributed by atoms with E-state index in [1.54, 1.807) is 0 Å². The van der Waals surface area contributed by atoms with Crippen molar-refractivity contribution in [3.63, 3.8) is 0 Å². The molecule has 1 aliphatic rings. The first kappa shape index (κ1) is 12.5. The lowest BCUT2D eigenvalue weighted by molar-refractivity contribution is -0.123. The third-order valence-corrected chi connectivity index (χ3v) is 3.73. The first-order valence-corrected chi connectivity index (χ1v) is 6.12.